The third-order valence-corrected chi connectivity index (χ3v) is 5.46. The SMILES string of the molecule is CC1(C)c2cc(O)ccc2CC(SCC(F)(F)F)C1[NH3+].[Cl-]. The lowest BCUT2D eigenvalue weighted by Gasteiger charge is -2.40. The van der Waals surface area contributed by atoms with Gasteiger partial charge < -0.3 is 23.2 Å². The molecule has 1 aromatic rings. The summed E-state index contributed by atoms with van der Waals surface area (Å²) in [7, 11) is 0. The van der Waals surface area contributed by atoms with Gasteiger partial charge in [0.2, 0.25) is 0 Å². The molecule has 0 radical (unpaired) electrons. The summed E-state index contributed by atoms with van der Waals surface area (Å²) in [4.78, 5) is 0. The van der Waals surface area contributed by atoms with Crippen LogP contribution in [0.3, 0.4) is 0 Å². The predicted octanol–water partition coefficient (Wildman–Crippen LogP) is -0.495. The fourth-order valence-corrected chi connectivity index (χ4v) is 4.02. The summed E-state index contributed by atoms with van der Waals surface area (Å²) in [6, 6.07) is 4.96. The third kappa shape index (κ3) is 3.99. The summed E-state index contributed by atoms with van der Waals surface area (Å²) in [6.07, 6.45) is -3.59. The number of phenolic OH excluding ortho intramolecular Hbond substituents is 1. The average Bonchev–Trinajstić information content (AvgIpc) is 2.32. The lowest BCUT2D eigenvalue weighted by atomic mass is 9.69. The van der Waals surface area contributed by atoms with Crippen molar-refractivity contribution in [3.05, 3.63) is 29.3 Å². The molecule has 2 nitrogen and oxygen atoms in total. The highest BCUT2D eigenvalue weighted by Crippen LogP contribution is 2.41. The Morgan fingerprint density at radius 1 is 1.38 bits per heavy atom. The molecule has 1 aliphatic carbocycles. The normalized spacial score (nSPS) is 24.1. The molecule has 2 rings (SSSR count). The van der Waals surface area contributed by atoms with E-state index < -0.39 is 11.9 Å². The number of thioether (sulfide) groups is 1. The average molecular weight is 342 g/mol. The molecule has 0 saturated heterocycles. The van der Waals surface area contributed by atoms with E-state index in [0.717, 1.165) is 22.9 Å². The monoisotopic (exact) mass is 341 g/mol. The van der Waals surface area contributed by atoms with Crippen LogP contribution in [0.1, 0.15) is 25.0 Å². The van der Waals surface area contributed by atoms with E-state index in [1.54, 1.807) is 18.2 Å². The number of phenols is 1. The highest BCUT2D eigenvalue weighted by Gasteiger charge is 2.44. The van der Waals surface area contributed by atoms with E-state index in [1.807, 2.05) is 13.8 Å². The molecular formula is C14H19ClF3NOS. The van der Waals surface area contributed by atoms with E-state index in [2.05, 4.69) is 5.73 Å². The van der Waals surface area contributed by atoms with Crippen molar-refractivity contribution in [1.82, 2.24) is 0 Å². The van der Waals surface area contributed by atoms with Gasteiger partial charge >= 0.3 is 6.18 Å². The zero-order valence-corrected chi connectivity index (χ0v) is 13.4. The van der Waals surface area contributed by atoms with Crippen molar-refractivity contribution >= 4 is 11.8 Å². The van der Waals surface area contributed by atoms with Crippen LogP contribution in [-0.4, -0.2) is 28.3 Å². The van der Waals surface area contributed by atoms with Gasteiger partial charge in [0.15, 0.2) is 0 Å². The maximum atomic E-state index is 12.4. The molecule has 0 saturated carbocycles. The van der Waals surface area contributed by atoms with E-state index in [0.29, 0.717) is 6.42 Å². The molecule has 2 unspecified atom stereocenters. The molecule has 0 fully saturated rings. The number of halogens is 4. The number of hydrogen-bond acceptors (Lipinski definition) is 2. The van der Waals surface area contributed by atoms with Gasteiger partial charge in [0, 0.05) is 5.41 Å². The summed E-state index contributed by atoms with van der Waals surface area (Å²) < 4.78 is 37.2. The van der Waals surface area contributed by atoms with Crippen LogP contribution in [0.2, 0.25) is 0 Å². The second kappa shape index (κ2) is 6.26. The standard InChI is InChI=1S/C14H18F3NOS.ClH/c1-13(2)10-6-9(19)4-3-8(10)5-11(12(13)18)20-7-14(15,16)17;/h3-4,6,11-12,19H,5,7,18H2,1-2H3;1H. The second-order valence-corrected chi connectivity index (χ2v) is 7.07. The summed E-state index contributed by atoms with van der Waals surface area (Å²) in [5.74, 6) is -0.655. The minimum absolute atomic E-state index is 0. The van der Waals surface area contributed by atoms with Gasteiger partial charge in [0.1, 0.15) is 11.8 Å². The minimum atomic E-state index is -4.15. The van der Waals surface area contributed by atoms with Gasteiger partial charge in [-0.1, -0.05) is 19.9 Å². The Morgan fingerprint density at radius 2 is 2.00 bits per heavy atom. The van der Waals surface area contributed by atoms with E-state index in [9.17, 15) is 18.3 Å². The van der Waals surface area contributed by atoms with Gasteiger partial charge in [-0.15, -0.1) is 11.8 Å². The van der Waals surface area contributed by atoms with Gasteiger partial charge in [-0.25, -0.2) is 0 Å². The van der Waals surface area contributed by atoms with Crippen LogP contribution in [0.4, 0.5) is 13.2 Å². The van der Waals surface area contributed by atoms with Gasteiger partial charge in [-0.2, -0.15) is 13.2 Å². The number of benzene rings is 1. The van der Waals surface area contributed by atoms with E-state index >= 15 is 0 Å². The number of alkyl halides is 3. The molecule has 120 valence electrons. The van der Waals surface area contributed by atoms with E-state index in [4.69, 9.17) is 0 Å². The molecule has 0 aliphatic heterocycles. The second-order valence-electron chi connectivity index (χ2n) is 5.84. The van der Waals surface area contributed by atoms with Crippen molar-refractivity contribution in [2.75, 3.05) is 5.75 Å². The Bertz CT molecular complexity index is 507. The predicted molar refractivity (Wildman–Crippen MR) is 73.8 cm³/mol. The lowest BCUT2D eigenvalue weighted by molar-refractivity contribution is -0.435. The van der Waals surface area contributed by atoms with Crippen molar-refractivity contribution in [3.8, 4) is 5.75 Å². The summed E-state index contributed by atoms with van der Waals surface area (Å²) in [6.45, 7) is 3.95. The third-order valence-electron chi connectivity index (χ3n) is 4.05. The van der Waals surface area contributed by atoms with E-state index in [-0.39, 0.29) is 34.9 Å². The van der Waals surface area contributed by atoms with Crippen molar-refractivity contribution < 1.29 is 36.4 Å². The molecule has 4 N–H and O–H groups in total. The van der Waals surface area contributed by atoms with Crippen molar-refractivity contribution in [2.24, 2.45) is 0 Å². The molecule has 2 atom stereocenters. The van der Waals surface area contributed by atoms with Crippen LogP contribution in [-0.2, 0) is 11.8 Å². The zero-order valence-electron chi connectivity index (χ0n) is 11.9. The van der Waals surface area contributed by atoms with Crippen LogP contribution in [0.15, 0.2) is 18.2 Å². The lowest BCUT2D eigenvalue weighted by Crippen LogP contribution is -3.00. The number of aromatic hydroxyl groups is 1. The quantitative estimate of drug-likeness (QED) is 0.762. The number of hydrogen-bond donors (Lipinski definition) is 2. The van der Waals surface area contributed by atoms with E-state index in [1.165, 1.54) is 0 Å². The Balaban J connectivity index is 0.00000220. The smallest absolute Gasteiger partial charge is 0.397 e. The Labute approximate surface area is 132 Å². The molecule has 0 bridgehead atoms. The molecule has 0 amide bonds. The Kier molecular flexibility index (Phi) is 5.51. The van der Waals surface area contributed by atoms with Crippen LogP contribution in [0, 0.1) is 0 Å². The van der Waals surface area contributed by atoms with Gasteiger partial charge in [0.25, 0.3) is 0 Å². The summed E-state index contributed by atoms with van der Waals surface area (Å²) in [5.41, 5.74) is 5.73. The summed E-state index contributed by atoms with van der Waals surface area (Å²) >= 11 is 0.932. The fourth-order valence-electron chi connectivity index (χ4n) is 2.74. The minimum Gasteiger partial charge on any atom is -1.00 e. The van der Waals surface area contributed by atoms with Gasteiger partial charge in [-0.05, 0) is 29.7 Å². The molecule has 0 heterocycles. The van der Waals surface area contributed by atoms with Gasteiger partial charge in [0.05, 0.1) is 11.0 Å². The topological polar surface area (TPSA) is 47.9 Å². The first-order valence-electron chi connectivity index (χ1n) is 6.45. The van der Waals surface area contributed by atoms with Crippen molar-refractivity contribution in [1.29, 1.82) is 0 Å². The van der Waals surface area contributed by atoms with Crippen LogP contribution in [0.25, 0.3) is 0 Å². The van der Waals surface area contributed by atoms with Crippen LogP contribution >= 0.6 is 11.8 Å². The fraction of sp³-hybridized carbons (Fsp3) is 0.571. The van der Waals surface area contributed by atoms with Crippen LogP contribution < -0.4 is 18.1 Å². The van der Waals surface area contributed by atoms with Gasteiger partial charge in [-0.3, -0.25) is 0 Å². The highest BCUT2D eigenvalue weighted by atomic mass is 35.5. The molecule has 1 aromatic carbocycles. The maximum absolute atomic E-state index is 12.4. The first kappa shape index (κ1) is 18.5. The Hall–Kier alpha value is -0.590. The highest BCUT2D eigenvalue weighted by molar-refractivity contribution is 8.00. The molecular weight excluding hydrogens is 323 g/mol. The largest absolute Gasteiger partial charge is 1.00 e. The molecule has 1 aliphatic rings. The Morgan fingerprint density at radius 3 is 2.57 bits per heavy atom. The molecule has 0 spiro atoms. The van der Waals surface area contributed by atoms with Crippen LogP contribution in [0.5, 0.6) is 5.75 Å². The molecule has 0 aromatic heterocycles. The number of quaternary nitrogens is 1. The first-order chi connectivity index (χ1) is 9.11. The zero-order chi connectivity index (χ0) is 15.1. The first-order valence-corrected chi connectivity index (χ1v) is 7.50. The summed E-state index contributed by atoms with van der Waals surface area (Å²) in [5, 5.41) is 9.45. The number of fused-ring (bicyclic) bond motifs is 1. The van der Waals surface area contributed by atoms with Crippen molar-refractivity contribution in [2.45, 2.75) is 43.2 Å². The maximum Gasteiger partial charge on any atom is 0.397 e. The molecule has 21 heavy (non-hydrogen) atoms. The number of rotatable bonds is 2. The molecule has 7 heteroatoms. The van der Waals surface area contributed by atoms with Crippen molar-refractivity contribution in [3.63, 3.8) is 0 Å².